The predicted octanol–water partition coefficient (Wildman–Crippen LogP) is 2.92. The molecule has 0 bridgehead atoms. The van der Waals surface area contributed by atoms with Gasteiger partial charge in [-0.25, -0.2) is 4.79 Å². The third-order valence-electron chi connectivity index (χ3n) is 4.48. The molecule has 0 saturated heterocycles. The van der Waals surface area contributed by atoms with Crippen LogP contribution in [0.5, 0.6) is 0 Å². The summed E-state index contributed by atoms with van der Waals surface area (Å²) in [5, 5.41) is 10.1. The van der Waals surface area contributed by atoms with E-state index in [4.69, 9.17) is 10.5 Å². The zero-order chi connectivity index (χ0) is 14.3. The van der Waals surface area contributed by atoms with Crippen molar-refractivity contribution in [3.63, 3.8) is 0 Å². The summed E-state index contributed by atoms with van der Waals surface area (Å²) in [6.45, 7) is 2.15. The normalized spacial score (nSPS) is 24.8. The van der Waals surface area contributed by atoms with Crippen LogP contribution >= 0.6 is 11.3 Å². The largest absolute Gasteiger partial charge is 0.462 e. The Morgan fingerprint density at radius 3 is 2.95 bits per heavy atom. The first-order valence-corrected chi connectivity index (χ1v) is 7.91. The average molecular weight is 290 g/mol. The zero-order valence-corrected chi connectivity index (χ0v) is 12.4. The number of nitrogens with two attached hydrogens (primary N) is 1. The van der Waals surface area contributed by atoms with Gasteiger partial charge in [0.1, 0.15) is 5.00 Å². The smallest absolute Gasteiger partial charge is 0.341 e. The number of fused-ring (bicyclic) bond motifs is 1. The Hall–Kier alpha value is -1.54. The van der Waals surface area contributed by atoms with Crippen LogP contribution in [0.15, 0.2) is 0 Å². The van der Waals surface area contributed by atoms with Crippen LogP contribution < -0.4 is 5.73 Å². The summed E-state index contributed by atoms with van der Waals surface area (Å²) in [5.74, 6) is 0.216. The number of nitrogens with zero attached hydrogens (tertiary/aromatic N) is 1. The van der Waals surface area contributed by atoms with Crippen LogP contribution in [0.25, 0.3) is 0 Å². The number of hydrogen-bond acceptors (Lipinski definition) is 5. The second-order valence-corrected chi connectivity index (χ2v) is 6.82. The molecule has 20 heavy (non-hydrogen) atoms. The minimum Gasteiger partial charge on any atom is -0.462 e. The Balaban J connectivity index is 1.95. The van der Waals surface area contributed by atoms with Crippen molar-refractivity contribution < 1.29 is 9.53 Å². The van der Waals surface area contributed by atoms with Gasteiger partial charge >= 0.3 is 5.97 Å². The summed E-state index contributed by atoms with van der Waals surface area (Å²) in [6.07, 6.45) is 4.67. The molecule has 4 nitrogen and oxygen atoms in total. The Morgan fingerprint density at radius 1 is 1.60 bits per heavy atom. The third kappa shape index (κ3) is 1.99. The lowest BCUT2D eigenvalue weighted by molar-refractivity contribution is 0.0526. The second-order valence-electron chi connectivity index (χ2n) is 5.68. The number of esters is 1. The van der Waals surface area contributed by atoms with E-state index in [-0.39, 0.29) is 11.4 Å². The SMILES string of the molecule is CCOC(=O)c1c(N)sc2c1CCC(C#N)(C1CC1)C2. The first-order chi connectivity index (χ1) is 9.61. The highest BCUT2D eigenvalue weighted by Crippen LogP contribution is 2.54. The number of carbonyl (C=O) groups excluding carboxylic acids is 1. The van der Waals surface area contributed by atoms with Gasteiger partial charge in [-0.05, 0) is 44.1 Å². The molecule has 106 valence electrons. The molecule has 0 amide bonds. The Bertz CT molecular complexity index is 598. The van der Waals surface area contributed by atoms with Gasteiger partial charge in [-0.15, -0.1) is 11.3 Å². The molecule has 1 aromatic rings. The fourth-order valence-electron chi connectivity index (χ4n) is 3.26. The quantitative estimate of drug-likeness (QED) is 0.868. The molecule has 2 aliphatic carbocycles. The number of thiophene rings is 1. The number of nitrogen functional groups attached to an aromatic ring is 1. The van der Waals surface area contributed by atoms with E-state index in [0.29, 0.717) is 23.1 Å². The standard InChI is InChI=1S/C15H18N2O2S/c1-2-19-14(18)12-10-5-6-15(8-16,9-3-4-9)7-11(10)20-13(12)17/h9H,2-7,17H2,1H3. The van der Waals surface area contributed by atoms with Gasteiger partial charge in [-0.1, -0.05) is 0 Å². The van der Waals surface area contributed by atoms with Crippen molar-refractivity contribution in [2.24, 2.45) is 11.3 Å². The van der Waals surface area contributed by atoms with Crippen molar-refractivity contribution >= 4 is 22.3 Å². The summed E-state index contributed by atoms with van der Waals surface area (Å²) in [5.41, 5.74) is 7.36. The number of hydrogen-bond donors (Lipinski definition) is 1. The van der Waals surface area contributed by atoms with E-state index in [9.17, 15) is 10.1 Å². The average Bonchev–Trinajstić information content (AvgIpc) is 3.22. The number of rotatable bonds is 3. The molecule has 1 aromatic heterocycles. The molecule has 5 heteroatoms. The van der Waals surface area contributed by atoms with Crippen molar-refractivity contribution in [3.05, 3.63) is 16.0 Å². The van der Waals surface area contributed by atoms with Crippen LogP contribution in [0.2, 0.25) is 0 Å². The minimum atomic E-state index is -0.321. The lowest BCUT2D eigenvalue weighted by Gasteiger charge is -2.30. The van der Waals surface area contributed by atoms with Crippen LogP contribution in [-0.4, -0.2) is 12.6 Å². The van der Waals surface area contributed by atoms with Crippen molar-refractivity contribution in [1.82, 2.24) is 0 Å². The van der Waals surface area contributed by atoms with Gasteiger partial charge in [0.05, 0.1) is 23.7 Å². The van der Waals surface area contributed by atoms with Crippen molar-refractivity contribution in [2.45, 2.75) is 39.0 Å². The summed E-state index contributed by atoms with van der Waals surface area (Å²) in [4.78, 5) is 13.1. The maximum absolute atomic E-state index is 12.0. The van der Waals surface area contributed by atoms with Crippen molar-refractivity contribution in [1.29, 1.82) is 5.26 Å². The molecule has 0 spiro atoms. The lowest BCUT2D eigenvalue weighted by atomic mass is 9.71. The van der Waals surface area contributed by atoms with E-state index in [1.807, 2.05) is 0 Å². The molecule has 0 aliphatic heterocycles. The van der Waals surface area contributed by atoms with Gasteiger partial charge in [-0.2, -0.15) is 5.26 Å². The Morgan fingerprint density at radius 2 is 2.35 bits per heavy atom. The van der Waals surface area contributed by atoms with Crippen LogP contribution in [0.3, 0.4) is 0 Å². The van der Waals surface area contributed by atoms with Crippen molar-refractivity contribution in [2.75, 3.05) is 12.3 Å². The summed E-state index contributed by atoms with van der Waals surface area (Å²) < 4.78 is 5.09. The van der Waals surface area contributed by atoms with E-state index in [1.54, 1.807) is 6.92 Å². The maximum Gasteiger partial charge on any atom is 0.341 e. The molecule has 2 N–H and O–H groups in total. The molecule has 0 radical (unpaired) electrons. The van der Waals surface area contributed by atoms with E-state index >= 15 is 0 Å². The molecule has 1 saturated carbocycles. The van der Waals surface area contributed by atoms with Gasteiger partial charge in [0, 0.05) is 11.3 Å². The fraction of sp³-hybridized carbons (Fsp3) is 0.600. The molecular formula is C15H18N2O2S. The Labute approximate surface area is 122 Å². The molecule has 1 fully saturated rings. The van der Waals surface area contributed by atoms with E-state index in [0.717, 1.165) is 42.5 Å². The number of nitriles is 1. The summed E-state index contributed by atoms with van der Waals surface area (Å²) in [6, 6.07) is 2.55. The Kier molecular flexibility index (Phi) is 3.21. The van der Waals surface area contributed by atoms with Crippen LogP contribution in [0, 0.1) is 22.7 Å². The fourth-order valence-corrected chi connectivity index (χ4v) is 4.49. The van der Waals surface area contributed by atoms with Gasteiger partial charge < -0.3 is 10.5 Å². The summed E-state index contributed by atoms with van der Waals surface area (Å²) in [7, 11) is 0. The first kappa shape index (κ1) is 13.4. The molecule has 0 aromatic carbocycles. The topological polar surface area (TPSA) is 76.1 Å². The molecule has 1 unspecified atom stereocenters. The number of carbonyl (C=O) groups is 1. The number of ether oxygens (including phenoxy) is 1. The molecule has 1 atom stereocenters. The zero-order valence-electron chi connectivity index (χ0n) is 11.6. The third-order valence-corrected chi connectivity index (χ3v) is 5.54. The van der Waals surface area contributed by atoms with Crippen LogP contribution in [0.4, 0.5) is 5.00 Å². The van der Waals surface area contributed by atoms with E-state index in [2.05, 4.69) is 6.07 Å². The molecule has 1 heterocycles. The van der Waals surface area contributed by atoms with Gasteiger partial charge in [-0.3, -0.25) is 0 Å². The highest BCUT2D eigenvalue weighted by Gasteiger charge is 2.48. The second kappa shape index (κ2) is 4.78. The lowest BCUT2D eigenvalue weighted by Crippen LogP contribution is -2.29. The van der Waals surface area contributed by atoms with Gasteiger partial charge in [0.15, 0.2) is 0 Å². The van der Waals surface area contributed by atoms with E-state index < -0.39 is 0 Å². The first-order valence-electron chi connectivity index (χ1n) is 7.09. The summed E-state index contributed by atoms with van der Waals surface area (Å²) >= 11 is 1.46. The molecule has 2 aliphatic rings. The highest BCUT2D eigenvalue weighted by atomic mass is 32.1. The van der Waals surface area contributed by atoms with Gasteiger partial charge in [0.25, 0.3) is 0 Å². The monoisotopic (exact) mass is 290 g/mol. The highest BCUT2D eigenvalue weighted by molar-refractivity contribution is 7.16. The predicted molar refractivity (Wildman–Crippen MR) is 77.5 cm³/mol. The van der Waals surface area contributed by atoms with E-state index in [1.165, 1.54) is 11.3 Å². The van der Waals surface area contributed by atoms with Crippen LogP contribution in [-0.2, 0) is 17.6 Å². The van der Waals surface area contributed by atoms with Crippen LogP contribution in [0.1, 0.15) is 47.0 Å². The maximum atomic E-state index is 12.0. The molecular weight excluding hydrogens is 272 g/mol. The number of anilines is 1. The molecule has 3 rings (SSSR count). The van der Waals surface area contributed by atoms with Crippen molar-refractivity contribution in [3.8, 4) is 6.07 Å². The minimum absolute atomic E-state index is 0.226. The van der Waals surface area contributed by atoms with Gasteiger partial charge in [0.2, 0.25) is 0 Å².